The van der Waals surface area contributed by atoms with Crippen molar-refractivity contribution in [3.05, 3.63) is 29.5 Å². The van der Waals surface area contributed by atoms with E-state index in [-0.39, 0.29) is 6.04 Å². The maximum atomic E-state index is 6.01. The number of rotatable bonds is 2. The number of aromatic nitrogens is 2. The summed E-state index contributed by atoms with van der Waals surface area (Å²) >= 11 is 0. The molecule has 1 saturated carbocycles. The first-order chi connectivity index (χ1) is 7.68. The number of hydrogen-bond acceptors (Lipinski definition) is 2. The summed E-state index contributed by atoms with van der Waals surface area (Å²) in [4.78, 5) is 0. The molecule has 3 heteroatoms. The number of para-hydroxylation sites is 1. The molecule has 0 radical (unpaired) electrons. The Morgan fingerprint density at radius 1 is 1.44 bits per heavy atom. The number of benzene rings is 1. The van der Waals surface area contributed by atoms with Gasteiger partial charge in [0.05, 0.1) is 11.2 Å². The van der Waals surface area contributed by atoms with Crippen molar-refractivity contribution in [2.24, 2.45) is 12.8 Å². The number of fused-ring (bicyclic) bond motifs is 1. The molecule has 0 aliphatic heterocycles. The minimum absolute atomic E-state index is 0.0613. The van der Waals surface area contributed by atoms with Gasteiger partial charge in [0.1, 0.15) is 0 Å². The van der Waals surface area contributed by atoms with Crippen LogP contribution in [0.5, 0.6) is 0 Å². The Hall–Kier alpha value is -1.35. The van der Waals surface area contributed by atoms with Crippen LogP contribution in [-0.4, -0.2) is 9.78 Å². The van der Waals surface area contributed by atoms with E-state index in [2.05, 4.69) is 23.3 Å². The zero-order valence-electron chi connectivity index (χ0n) is 9.77. The summed E-state index contributed by atoms with van der Waals surface area (Å²) in [6.45, 7) is 2.03. The molecule has 1 fully saturated rings. The monoisotopic (exact) mass is 215 g/mol. The number of aryl methyl sites for hydroxylation is 1. The molecule has 2 N–H and O–H groups in total. The molecular formula is C13H17N3. The number of hydrogen-bond donors (Lipinski definition) is 1. The van der Waals surface area contributed by atoms with Crippen LogP contribution < -0.4 is 5.73 Å². The van der Waals surface area contributed by atoms with Crippen LogP contribution in [0.1, 0.15) is 43.0 Å². The lowest BCUT2D eigenvalue weighted by Crippen LogP contribution is -2.07. The molecular weight excluding hydrogens is 198 g/mol. The van der Waals surface area contributed by atoms with Gasteiger partial charge in [0.15, 0.2) is 0 Å². The molecule has 1 aromatic carbocycles. The van der Waals surface area contributed by atoms with Gasteiger partial charge in [-0.2, -0.15) is 5.10 Å². The minimum Gasteiger partial charge on any atom is -0.324 e. The molecule has 0 amide bonds. The summed E-state index contributed by atoms with van der Waals surface area (Å²) in [5.74, 6) is 0.687. The van der Waals surface area contributed by atoms with Gasteiger partial charge in [0.25, 0.3) is 0 Å². The summed E-state index contributed by atoms with van der Waals surface area (Å²) in [5, 5.41) is 5.95. The second-order valence-corrected chi connectivity index (χ2v) is 4.82. The molecule has 1 atom stereocenters. The standard InChI is InChI=1S/C13H17N3/c1-8(14)10-4-3-5-11-12(9-6-7-9)15-16(2)13(10)11/h3-5,8-9H,6-7,14H2,1-2H3. The van der Waals surface area contributed by atoms with Crippen LogP contribution in [0.15, 0.2) is 18.2 Å². The summed E-state index contributed by atoms with van der Waals surface area (Å²) in [7, 11) is 2.01. The molecule has 0 saturated heterocycles. The summed E-state index contributed by atoms with van der Waals surface area (Å²) in [6.07, 6.45) is 2.57. The van der Waals surface area contributed by atoms with Crippen molar-refractivity contribution in [3.63, 3.8) is 0 Å². The molecule has 84 valence electrons. The van der Waals surface area contributed by atoms with Gasteiger partial charge < -0.3 is 5.73 Å². The molecule has 1 aliphatic carbocycles. The predicted octanol–water partition coefficient (Wildman–Crippen LogP) is 2.47. The van der Waals surface area contributed by atoms with E-state index in [1.54, 1.807) is 0 Å². The number of nitrogens with zero attached hydrogens (tertiary/aromatic N) is 2. The van der Waals surface area contributed by atoms with E-state index in [9.17, 15) is 0 Å². The van der Waals surface area contributed by atoms with Crippen LogP contribution in [0.25, 0.3) is 10.9 Å². The quantitative estimate of drug-likeness (QED) is 0.836. The maximum Gasteiger partial charge on any atom is 0.0734 e. The van der Waals surface area contributed by atoms with Crippen molar-refractivity contribution in [1.29, 1.82) is 0 Å². The Morgan fingerprint density at radius 2 is 2.19 bits per heavy atom. The third-order valence-electron chi connectivity index (χ3n) is 3.38. The Labute approximate surface area is 95.2 Å². The summed E-state index contributed by atoms with van der Waals surface area (Å²) in [6, 6.07) is 6.42. The molecule has 0 spiro atoms. The fraction of sp³-hybridized carbons (Fsp3) is 0.462. The van der Waals surface area contributed by atoms with Crippen molar-refractivity contribution in [2.45, 2.75) is 31.7 Å². The van der Waals surface area contributed by atoms with Crippen LogP contribution in [0.4, 0.5) is 0 Å². The lowest BCUT2D eigenvalue weighted by molar-refractivity contribution is 0.751. The first kappa shape index (κ1) is 9.85. The van der Waals surface area contributed by atoms with E-state index < -0.39 is 0 Å². The Bertz CT molecular complexity index is 535. The van der Waals surface area contributed by atoms with Crippen LogP contribution in [0.2, 0.25) is 0 Å². The third-order valence-corrected chi connectivity index (χ3v) is 3.38. The SMILES string of the molecule is CC(N)c1cccc2c(C3CC3)nn(C)c12. The molecule has 1 aliphatic rings. The largest absolute Gasteiger partial charge is 0.324 e. The Kier molecular flexibility index (Phi) is 2.04. The smallest absolute Gasteiger partial charge is 0.0734 e. The molecule has 1 heterocycles. The fourth-order valence-electron chi connectivity index (χ4n) is 2.42. The van der Waals surface area contributed by atoms with Gasteiger partial charge in [-0.25, -0.2) is 0 Å². The average molecular weight is 215 g/mol. The van der Waals surface area contributed by atoms with Crippen LogP contribution in [-0.2, 0) is 7.05 Å². The van der Waals surface area contributed by atoms with Gasteiger partial charge in [-0.05, 0) is 25.3 Å². The van der Waals surface area contributed by atoms with E-state index in [1.807, 2.05) is 18.7 Å². The van der Waals surface area contributed by atoms with Crippen molar-refractivity contribution in [2.75, 3.05) is 0 Å². The van der Waals surface area contributed by atoms with E-state index in [4.69, 9.17) is 5.73 Å². The summed E-state index contributed by atoms with van der Waals surface area (Å²) < 4.78 is 1.99. The molecule has 2 aromatic rings. The molecule has 16 heavy (non-hydrogen) atoms. The Balaban J connectivity index is 2.30. The van der Waals surface area contributed by atoms with Crippen molar-refractivity contribution < 1.29 is 0 Å². The highest BCUT2D eigenvalue weighted by Crippen LogP contribution is 2.43. The molecule has 1 aromatic heterocycles. The highest BCUT2D eigenvalue weighted by molar-refractivity contribution is 5.86. The molecule has 0 bridgehead atoms. The van der Waals surface area contributed by atoms with Gasteiger partial charge in [-0.1, -0.05) is 18.2 Å². The van der Waals surface area contributed by atoms with Crippen molar-refractivity contribution in [1.82, 2.24) is 9.78 Å². The van der Waals surface area contributed by atoms with Crippen LogP contribution in [0, 0.1) is 0 Å². The maximum absolute atomic E-state index is 6.01. The van der Waals surface area contributed by atoms with Crippen LogP contribution in [0.3, 0.4) is 0 Å². The topological polar surface area (TPSA) is 43.8 Å². The zero-order valence-corrected chi connectivity index (χ0v) is 9.77. The first-order valence-electron chi connectivity index (χ1n) is 5.89. The predicted molar refractivity (Wildman–Crippen MR) is 65.3 cm³/mol. The van der Waals surface area contributed by atoms with Gasteiger partial charge in [-0.15, -0.1) is 0 Å². The third kappa shape index (κ3) is 1.35. The van der Waals surface area contributed by atoms with E-state index in [0.717, 1.165) is 0 Å². The molecule has 3 rings (SSSR count). The summed E-state index contributed by atoms with van der Waals surface area (Å²) in [5.41, 5.74) is 9.67. The lowest BCUT2D eigenvalue weighted by Gasteiger charge is -2.08. The van der Waals surface area contributed by atoms with E-state index in [1.165, 1.54) is 35.0 Å². The van der Waals surface area contributed by atoms with Crippen molar-refractivity contribution in [3.8, 4) is 0 Å². The van der Waals surface area contributed by atoms with E-state index >= 15 is 0 Å². The highest BCUT2D eigenvalue weighted by atomic mass is 15.3. The van der Waals surface area contributed by atoms with Gasteiger partial charge >= 0.3 is 0 Å². The fourth-order valence-corrected chi connectivity index (χ4v) is 2.42. The normalized spacial score (nSPS) is 17.9. The minimum atomic E-state index is 0.0613. The van der Waals surface area contributed by atoms with E-state index in [0.29, 0.717) is 5.92 Å². The average Bonchev–Trinajstić information content (AvgIpc) is 3.04. The molecule has 3 nitrogen and oxygen atoms in total. The second-order valence-electron chi connectivity index (χ2n) is 4.82. The second kappa shape index (κ2) is 3.32. The lowest BCUT2D eigenvalue weighted by atomic mass is 10.0. The Morgan fingerprint density at radius 3 is 2.81 bits per heavy atom. The van der Waals surface area contributed by atoms with Crippen molar-refractivity contribution >= 4 is 10.9 Å². The van der Waals surface area contributed by atoms with Gasteiger partial charge in [0.2, 0.25) is 0 Å². The number of nitrogens with two attached hydrogens (primary N) is 1. The molecule has 1 unspecified atom stereocenters. The van der Waals surface area contributed by atoms with Crippen LogP contribution >= 0.6 is 0 Å². The zero-order chi connectivity index (χ0) is 11.3. The highest BCUT2D eigenvalue weighted by Gasteiger charge is 2.29. The first-order valence-corrected chi connectivity index (χ1v) is 5.89. The van der Waals surface area contributed by atoms with Gasteiger partial charge in [-0.3, -0.25) is 4.68 Å². The van der Waals surface area contributed by atoms with Gasteiger partial charge in [0, 0.05) is 24.4 Å².